The number of rotatable bonds is 4. The van der Waals surface area contributed by atoms with Crippen LogP contribution in [0.25, 0.3) is 0 Å². The highest BCUT2D eigenvalue weighted by atomic mass is 35.5. The summed E-state index contributed by atoms with van der Waals surface area (Å²) in [6.45, 7) is 6.93. The minimum absolute atomic E-state index is 0.692. The number of allylic oxidation sites excluding steroid dienone is 3. The van der Waals surface area contributed by atoms with Crippen molar-refractivity contribution in [3.8, 4) is 6.07 Å². The van der Waals surface area contributed by atoms with Crippen molar-refractivity contribution < 1.29 is 0 Å². The molecule has 0 unspecified atom stereocenters. The van der Waals surface area contributed by atoms with Gasteiger partial charge in [0, 0.05) is 17.5 Å². The molecule has 1 rings (SSSR count). The van der Waals surface area contributed by atoms with Crippen LogP contribution in [-0.2, 0) is 0 Å². The maximum Gasteiger partial charge on any atom is 0.0995 e. The van der Waals surface area contributed by atoms with E-state index in [2.05, 4.69) is 19.9 Å². The molecule has 0 aromatic rings. The summed E-state index contributed by atoms with van der Waals surface area (Å²) >= 11 is 6.24. The van der Waals surface area contributed by atoms with Crippen LogP contribution in [-0.4, -0.2) is 11.0 Å². The van der Waals surface area contributed by atoms with Crippen molar-refractivity contribution in [1.29, 1.82) is 5.26 Å². The second kappa shape index (κ2) is 5.96. The molecule has 0 N–H and O–H groups in total. The lowest BCUT2D eigenvalue weighted by atomic mass is 9.93. The van der Waals surface area contributed by atoms with Crippen LogP contribution >= 0.6 is 11.8 Å². The Bertz CT molecular complexity index is 361. The zero-order valence-electron chi connectivity index (χ0n) is 10.3. The van der Waals surface area contributed by atoms with Crippen LogP contribution in [0, 0.1) is 11.3 Å². The third-order valence-corrected chi connectivity index (χ3v) is 3.41. The fourth-order valence-corrected chi connectivity index (χ4v) is 2.39. The molecule has 3 heteroatoms. The molecular formula is C13H19ClN2. The van der Waals surface area contributed by atoms with Gasteiger partial charge in [0.25, 0.3) is 0 Å². The third kappa shape index (κ3) is 2.59. The average molecular weight is 239 g/mol. The van der Waals surface area contributed by atoms with Crippen molar-refractivity contribution in [2.45, 2.75) is 46.5 Å². The normalized spacial score (nSPS) is 16.8. The first-order chi connectivity index (χ1) is 7.65. The van der Waals surface area contributed by atoms with E-state index in [1.807, 2.05) is 6.92 Å². The highest BCUT2D eigenvalue weighted by Crippen LogP contribution is 2.32. The van der Waals surface area contributed by atoms with E-state index in [4.69, 9.17) is 11.8 Å². The zero-order valence-corrected chi connectivity index (χ0v) is 11.1. The maximum absolute atomic E-state index is 9.19. The fraction of sp³-hybridized carbons (Fsp3) is 0.615. The summed E-state index contributed by atoms with van der Waals surface area (Å²) in [4.78, 5) is 0. The Morgan fingerprint density at radius 3 is 2.62 bits per heavy atom. The van der Waals surface area contributed by atoms with Crippen molar-refractivity contribution in [3.05, 3.63) is 22.4 Å². The summed E-state index contributed by atoms with van der Waals surface area (Å²) in [5, 5.41) is 9.19. The molecule has 0 saturated carbocycles. The SMILES string of the molecule is CCCCC1=C(C)C(C#N)=C(CC)CN1Cl. The molecule has 0 aliphatic carbocycles. The lowest BCUT2D eigenvalue weighted by molar-refractivity contribution is 0.529. The van der Waals surface area contributed by atoms with Gasteiger partial charge < -0.3 is 0 Å². The lowest BCUT2D eigenvalue weighted by Gasteiger charge is -2.28. The van der Waals surface area contributed by atoms with Gasteiger partial charge in [-0.1, -0.05) is 20.3 Å². The molecule has 16 heavy (non-hydrogen) atoms. The van der Waals surface area contributed by atoms with Crippen LogP contribution in [0.2, 0.25) is 0 Å². The summed E-state index contributed by atoms with van der Waals surface area (Å²) < 4.78 is 1.78. The third-order valence-electron chi connectivity index (χ3n) is 3.09. The fourth-order valence-electron chi connectivity index (χ4n) is 2.04. The van der Waals surface area contributed by atoms with Gasteiger partial charge in [-0.2, -0.15) is 5.26 Å². The van der Waals surface area contributed by atoms with Gasteiger partial charge >= 0.3 is 0 Å². The molecule has 0 fully saturated rings. The van der Waals surface area contributed by atoms with Gasteiger partial charge in [0.2, 0.25) is 0 Å². The molecule has 1 aliphatic heterocycles. The van der Waals surface area contributed by atoms with E-state index >= 15 is 0 Å². The van der Waals surface area contributed by atoms with E-state index in [1.54, 1.807) is 4.42 Å². The highest BCUT2D eigenvalue weighted by molar-refractivity contribution is 6.14. The zero-order chi connectivity index (χ0) is 12.1. The monoisotopic (exact) mass is 238 g/mol. The van der Waals surface area contributed by atoms with Crippen molar-refractivity contribution >= 4 is 11.8 Å². The highest BCUT2D eigenvalue weighted by Gasteiger charge is 2.22. The number of nitrogens with zero attached hydrogens (tertiary/aromatic N) is 2. The van der Waals surface area contributed by atoms with Gasteiger partial charge in [0.05, 0.1) is 18.2 Å². The van der Waals surface area contributed by atoms with Gasteiger partial charge in [-0.05, 0) is 37.3 Å². The van der Waals surface area contributed by atoms with Gasteiger partial charge in [-0.25, -0.2) is 0 Å². The Morgan fingerprint density at radius 2 is 2.12 bits per heavy atom. The van der Waals surface area contributed by atoms with Gasteiger partial charge in [0.1, 0.15) is 0 Å². The first-order valence-electron chi connectivity index (χ1n) is 5.91. The van der Waals surface area contributed by atoms with Gasteiger partial charge in [0.15, 0.2) is 0 Å². The van der Waals surface area contributed by atoms with E-state index in [0.717, 1.165) is 48.1 Å². The molecule has 1 heterocycles. The molecule has 0 saturated heterocycles. The molecule has 0 bridgehead atoms. The topological polar surface area (TPSA) is 27.0 Å². The van der Waals surface area contributed by atoms with E-state index in [1.165, 1.54) is 0 Å². The van der Waals surface area contributed by atoms with E-state index in [-0.39, 0.29) is 0 Å². The Hall–Kier alpha value is -0.940. The molecule has 0 radical (unpaired) electrons. The molecule has 0 amide bonds. The van der Waals surface area contributed by atoms with Crippen LogP contribution in [0.5, 0.6) is 0 Å². The first-order valence-corrected chi connectivity index (χ1v) is 6.25. The second-order valence-corrected chi connectivity index (χ2v) is 4.55. The standard InChI is InChI=1S/C13H19ClN2/c1-4-6-7-13-10(3)12(8-15)11(5-2)9-16(13)14/h4-7,9H2,1-3H3. The number of halogens is 1. The first kappa shape index (κ1) is 13.1. The Balaban J connectivity index is 3.05. The number of hydrogen-bond donors (Lipinski definition) is 0. The summed E-state index contributed by atoms with van der Waals surface area (Å²) in [5.41, 5.74) is 4.19. The summed E-state index contributed by atoms with van der Waals surface area (Å²) in [6.07, 6.45) is 4.13. The summed E-state index contributed by atoms with van der Waals surface area (Å²) in [6, 6.07) is 2.32. The predicted octanol–water partition coefficient (Wildman–Crippen LogP) is 4.15. The smallest absolute Gasteiger partial charge is 0.0995 e. The number of hydrogen-bond acceptors (Lipinski definition) is 2. The predicted molar refractivity (Wildman–Crippen MR) is 67.7 cm³/mol. The van der Waals surface area contributed by atoms with Crippen molar-refractivity contribution in [1.82, 2.24) is 4.42 Å². The van der Waals surface area contributed by atoms with Crippen LogP contribution in [0.4, 0.5) is 0 Å². The maximum atomic E-state index is 9.19. The average Bonchev–Trinajstić information content (AvgIpc) is 2.28. The molecule has 0 aromatic carbocycles. The summed E-state index contributed by atoms with van der Waals surface area (Å²) in [7, 11) is 0. The second-order valence-electron chi connectivity index (χ2n) is 4.14. The van der Waals surface area contributed by atoms with Crippen LogP contribution in [0.3, 0.4) is 0 Å². The van der Waals surface area contributed by atoms with Gasteiger partial charge in [-0.15, -0.1) is 0 Å². The van der Waals surface area contributed by atoms with Crippen LogP contribution in [0.1, 0.15) is 46.5 Å². The number of nitriles is 1. The number of unbranched alkanes of at least 4 members (excludes halogenated alkanes) is 1. The largest absolute Gasteiger partial charge is 0.285 e. The van der Waals surface area contributed by atoms with Crippen LogP contribution in [0.15, 0.2) is 22.4 Å². The Kier molecular flexibility index (Phi) is 4.89. The summed E-state index contributed by atoms with van der Waals surface area (Å²) in [5.74, 6) is 0. The van der Waals surface area contributed by atoms with Gasteiger partial charge in [-0.3, -0.25) is 4.42 Å². The van der Waals surface area contributed by atoms with Crippen LogP contribution < -0.4 is 0 Å². The molecular weight excluding hydrogens is 220 g/mol. The molecule has 0 aromatic heterocycles. The minimum atomic E-state index is 0.692. The van der Waals surface area contributed by atoms with E-state index in [0.29, 0.717) is 6.54 Å². The van der Waals surface area contributed by atoms with E-state index in [9.17, 15) is 5.26 Å². The molecule has 2 nitrogen and oxygen atoms in total. The van der Waals surface area contributed by atoms with Crippen molar-refractivity contribution in [3.63, 3.8) is 0 Å². The van der Waals surface area contributed by atoms with Crippen molar-refractivity contribution in [2.24, 2.45) is 0 Å². The molecule has 88 valence electrons. The quantitative estimate of drug-likeness (QED) is 0.688. The van der Waals surface area contributed by atoms with Crippen molar-refractivity contribution in [2.75, 3.05) is 6.54 Å². The Labute approximate surface area is 103 Å². The van der Waals surface area contributed by atoms with E-state index < -0.39 is 0 Å². The Morgan fingerprint density at radius 1 is 1.44 bits per heavy atom. The molecule has 1 aliphatic rings. The molecule has 0 spiro atoms. The lowest BCUT2D eigenvalue weighted by Crippen LogP contribution is -2.22. The molecule has 0 atom stereocenters. The minimum Gasteiger partial charge on any atom is -0.285 e.